The summed E-state index contributed by atoms with van der Waals surface area (Å²) in [4.78, 5) is 58.3. The van der Waals surface area contributed by atoms with Gasteiger partial charge in [-0.3, -0.25) is 19.2 Å². The van der Waals surface area contributed by atoms with Crippen molar-refractivity contribution < 1.29 is 42.9 Å². The van der Waals surface area contributed by atoms with Gasteiger partial charge in [-0.05, 0) is 86.3 Å². The van der Waals surface area contributed by atoms with Gasteiger partial charge in [0.25, 0.3) is 27.7 Å². The quantitative estimate of drug-likeness (QED) is 0.116. The largest absolute Gasteiger partial charge is 0.394 e. The van der Waals surface area contributed by atoms with E-state index < -0.39 is 64.6 Å². The van der Waals surface area contributed by atoms with Crippen molar-refractivity contribution in [2.45, 2.75) is 63.1 Å². The molecule has 4 aromatic carbocycles. The van der Waals surface area contributed by atoms with Crippen LogP contribution in [0.3, 0.4) is 0 Å². The Morgan fingerprint density at radius 3 is 2.18 bits per heavy atom. The summed E-state index contributed by atoms with van der Waals surface area (Å²) in [6.45, 7) is 5.18. The minimum atomic E-state index is -4.34. The van der Waals surface area contributed by atoms with Gasteiger partial charge in [0, 0.05) is 37.2 Å². The van der Waals surface area contributed by atoms with Gasteiger partial charge >= 0.3 is 0 Å². The lowest BCUT2D eigenvalue weighted by Gasteiger charge is -2.36. The van der Waals surface area contributed by atoms with Crippen LogP contribution < -0.4 is 10.0 Å². The molecule has 4 amide bonds. The molecule has 0 saturated heterocycles. The molecule has 1 aliphatic rings. The Kier molecular flexibility index (Phi) is 12.8. The maximum Gasteiger partial charge on any atom is 0.276 e. The van der Waals surface area contributed by atoms with E-state index in [9.17, 15) is 42.9 Å². The standard InChI is InChI=1S/C43H47ClN6O9S/c1-27-37(44)38(41(57)49(42(2,3)4)20-18-36(54)45-43(24-51,25-52)26-53)46-50(27)35-16-14-31(22-34(35)40(56)48-19-17-29-10-6-8-12-32(29)23-48)39(55)47-60(58,59)33-15-13-28-9-5-7-11-30(28)21-33/h5-16,21-22,51-53H,17-20,23-26H2,1-4H3,(H,45,54)(H,47,55). The van der Waals surface area contributed by atoms with Crippen LogP contribution in [0.25, 0.3) is 16.5 Å². The molecule has 316 valence electrons. The highest BCUT2D eigenvalue weighted by atomic mass is 35.5. The first-order chi connectivity index (χ1) is 28.4. The smallest absolute Gasteiger partial charge is 0.276 e. The molecule has 0 unspecified atom stereocenters. The first kappa shape index (κ1) is 43.9. The van der Waals surface area contributed by atoms with Crippen LogP contribution in [0.4, 0.5) is 0 Å². The summed E-state index contributed by atoms with van der Waals surface area (Å²) in [5.74, 6) is -2.73. The number of rotatable bonds is 13. The van der Waals surface area contributed by atoms with E-state index >= 15 is 0 Å². The second kappa shape index (κ2) is 17.5. The summed E-state index contributed by atoms with van der Waals surface area (Å²) in [6.07, 6.45) is 0.314. The van der Waals surface area contributed by atoms with Crippen LogP contribution in [0.2, 0.25) is 5.02 Å². The Bertz CT molecular complexity index is 2570. The maximum atomic E-state index is 14.5. The molecule has 17 heteroatoms. The zero-order chi connectivity index (χ0) is 43.6. The number of aliphatic hydroxyl groups is 3. The number of aromatic nitrogens is 2. The molecular weight excluding hydrogens is 812 g/mol. The number of amides is 4. The summed E-state index contributed by atoms with van der Waals surface area (Å²) in [5, 5.41) is 37.4. The normalized spacial score (nSPS) is 13.2. The topological polar surface area (TPSA) is 211 Å². The number of hydrogen-bond donors (Lipinski definition) is 5. The Morgan fingerprint density at radius 1 is 0.867 bits per heavy atom. The van der Waals surface area contributed by atoms with Gasteiger partial charge in [-0.15, -0.1) is 0 Å². The predicted octanol–water partition coefficient (Wildman–Crippen LogP) is 3.77. The third kappa shape index (κ3) is 9.07. The number of hydrogen-bond acceptors (Lipinski definition) is 10. The first-order valence-corrected chi connectivity index (χ1v) is 21.0. The van der Waals surface area contributed by atoms with E-state index in [4.69, 9.17) is 11.6 Å². The molecule has 0 fully saturated rings. The number of aliphatic hydroxyl groups excluding tert-OH is 3. The van der Waals surface area contributed by atoms with E-state index in [1.807, 2.05) is 36.4 Å². The molecule has 1 aliphatic heterocycles. The average molecular weight is 859 g/mol. The Balaban J connectivity index is 1.35. The highest BCUT2D eigenvalue weighted by Crippen LogP contribution is 2.30. The van der Waals surface area contributed by atoms with Crippen LogP contribution in [-0.2, 0) is 27.8 Å². The third-order valence-electron chi connectivity index (χ3n) is 10.6. The van der Waals surface area contributed by atoms with Crippen LogP contribution >= 0.6 is 11.6 Å². The van der Waals surface area contributed by atoms with Crippen LogP contribution in [0.5, 0.6) is 0 Å². The lowest BCUT2D eigenvalue weighted by Crippen LogP contribution is -2.57. The highest BCUT2D eigenvalue weighted by Gasteiger charge is 2.35. The third-order valence-corrected chi connectivity index (χ3v) is 12.4. The zero-order valence-electron chi connectivity index (χ0n) is 33.6. The number of fused-ring (bicyclic) bond motifs is 2. The molecule has 0 bridgehead atoms. The van der Waals surface area contributed by atoms with Crippen molar-refractivity contribution >= 4 is 56.0 Å². The monoisotopic (exact) mass is 858 g/mol. The molecule has 5 aromatic rings. The summed E-state index contributed by atoms with van der Waals surface area (Å²) < 4.78 is 30.4. The van der Waals surface area contributed by atoms with Crippen molar-refractivity contribution in [2.75, 3.05) is 32.9 Å². The highest BCUT2D eigenvalue weighted by molar-refractivity contribution is 7.90. The number of nitrogens with zero attached hydrogens (tertiary/aromatic N) is 4. The molecule has 6 rings (SSSR count). The number of nitrogens with one attached hydrogen (secondary N) is 2. The minimum Gasteiger partial charge on any atom is -0.394 e. The second-order valence-corrected chi connectivity index (χ2v) is 17.8. The van der Waals surface area contributed by atoms with Crippen molar-refractivity contribution in [1.82, 2.24) is 29.6 Å². The number of carbonyl (C=O) groups is 4. The molecule has 15 nitrogen and oxygen atoms in total. The number of benzene rings is 4. The van der Waals surface area contributed by atoms with Gasteiger partial charge < -0.3 is 30.4 Å². The molecule has 2 heterocycles. The van der Waals surface area contributed by atoms with Crippen molar-refractivity contribution in [3.63, 3.8) is 0 Å². The number of halogens is 1. The van der Waals surface area contributed by atoms with Crippen LogP contribution in [-0.4, -0.2) is 111 Å². The van der Waals surface area contributed by atoms with E-state index in [1.54, 1.807) is 50.8 Å². The van der Waals surface area contributed by atoms with Crippen molar-refractivity contribution in [3.8, 4) is 5.69 Å². The van der Waals surface area contributed by atoms with Crippen molar-refractivity contribution in [3.05, 3.63) is 124 Å². The average Bonchev–Trinajstić information content (AvgIpc) is 3.53. The van der Waals surface area contributed by atoms with Gasteiger partial charge in [0.05, 0.1) is 46.7 Å². The predicted molar refractivity (Wildman–Crippen MR) is 224 cm³/mol. The Hall–Kier alpha value is -5.65. The fraction of sp³-hybridized carbons (Fsp3) is 0.326. The van der Waals surface area contributed by atoms with Crippen molar-refractivity contribution in [2.24, 2.45) is 0 Å². The van der Waals surface area contributed by atoms with Gasteiger partial charge in [0.2, 0.25) is 5.91 Å². The van der Waals surface area contributed by atoms with Crippen LogP contribution in [0.1, 0.15) is 75.2 Å². The summed E-state index contributed by atoms with van der Waals surface area (Å²) >= 11 is 6.83. The van der Waals surface area contributed by atoms with Gasteiger partial charge in [0.15, 0.2) is 5.69 Å². The molecule has 0 atom stereocenters. The molecule has 0 spiro atoms. The van der Waals surface area contributed by atoms with E-state index in [0.717, 1.165) is 16.5 Å². The molecule has 0 aliphatic carbocycles. The number of sulfonamides is 1. The van der Waals surface area contributed by atoms with Gasteiger partial charge in [-0.1, -0.05) is 66.2 Å². The minimum absolute atomic E-state index is 0.00381. The van der Waals surface area contributed by atoms with E-state index in [-0.39, 0.29) is 57.6 Å². The summed E-state index contributed by atoms with van der Waals surface area (Å²) in [5.41, 5.74) is -0.339. The molecular formula is C43H47ClN6O9S. The Labute approximate surface area is 352 Å². The number of carbonyl (C=O) groups excluding carboxylic acids is 4. The zero-order valence-corrected chi connectivity index (χ0v) is 35.2. The summed E-state index contributed by atoms with van der Waals surface area (Å²) in [7, 11) is -4.34. The van der Waals surface area contributed by atoms with Gasteiger partial charge in [-0.2, -0.15) is 5.10 Å². The molecule has 0 radical (unpaired) electrons. The lowest BCUT2D eigenvalue weighted by molar-refractivity contribution is -0.125. The first-order valence-electron chi connectivity index (χ1n) is 19.2. The van der Waals surface area contributed by atoms with Crippen LogP contribution in [0, 0.1) is 6.92 Å². The molecule has 0 saturated carbocycles. The molecule has 60 heavy (non-hydrogen) atoms. The fourth-order valence-electron chi connectivity index (χ4n) is 7.01. The van der Waals surface area contributed by atoms with Crippen molar-refractivity contribution in [1.29, 1.82) is 0 Å². The van der Waals surface area contributed by atoms with Crippen LogP contribution in [0.15, 0.2) is 89.8 Å². The second-order valence-electron chi connectivity index (χ2n) is 15.8. The maximum absolute atomic E-state index is 14.5. The molecule has 5 N–H and O–H groups in total. The molecule has 1 aromatic heterocycles. The van der Waals surface area contributed by atoms with Gasteiger partial charge in [-0.25, -0.2) is 17.8 Å². The Morgan fingerprint density at radius 2 is 1.52 bits per heavy atom. The van der Waals surface area contributed by atoms with E-state index in [1.165, 1.54) is 39.9 Å². The lowest BCUT2D eigenvalue weighted by atomic mass is 9.98. The van der Waals surface area contributed by atoms with E-state index in [2.05, 4.69) is 15.1 Å². The van der Waals surface area contributed by atoms with E-state index in [0.29, 0.717) is 18.4 Å². The fourth-order valence-corrected chi connectivity index (χ4v) is 8.22. The summed E-state index contributed by atoms with van der Waals surface area (Å²) in [6, 6.07) is 23.5. The SMILES string of the molecule is Cc1c(Cl)c(C(=O)N(CCC(=O)NC(CO)(CO)CO)C(C)(C)C)nn1-c1ccc(C(=O)NS(=O)(=O)c2ccc3ccccc3c2)cc1C(=O)N1CCc2ccccc2C1. The van der Waals surface area contributed by atoms with Gasteiger partial charge in [0.1, 0.15) is 5.54 Å².